The highest BCUT2D eigenvalue weighted by Crippen LogP contribution is 2.51. The van der Waals surface area contributed by atoms with Crippen molar-refractivity contribution < 1.29 is 9.52 Å². The Hall–Kier alpha value is -2.87. The molecule has 8 rings (SSSR count). The topological polar surface area (TPSA) is 58.1 Å². The lowest BCUT2D eigenvalue weighted by molar-refractivity contribution is 0.159. The number of anilines is 1. The third-order valence-corrected chi connectivity index (χ3v) is 9.26. The van der Waals surface area contributed by atoms with Gasteiger partial charge in [0, 0.05) is 37.2 Å². The molecule has 0 fully saturated rings. The number of furan rings is 1. The van der Waals surface area contributed by atoms with Gasteiger partial charge in [0.05, 0.1) is 34.0 Å². The minimum atomic E-state index is -0.787. The summed E-state index contributed by atoms with van der Waals surface area (Å²) < 4.78 is 9.12. The van der Waals surface area contributed by atoms with E-state index in [0.29, 0.717) is 17.9 Å². The lowest BCUT2D eigenvalue weighted by Gasteiger charge is -2.27. The zero-order valence-corrected chi connectivity index (χ0v) is 19.1. The van der Waals surface area contributed by atoms with Crippen LogP contribution < -0.4 is 10.5 Å². The van der Waals surface area contributed by atoms with Crippen molar-refractivity contribution in [2.75, 3.05) is 11.4 Å². The smallest absolute Gasteiger partial charge is 0.299 e. The minimum absolute atomic E-state index is 0.139. The quantitative estimate of drug-likeness (QED) is 0.318. The fourth-order valence-corrected chi connectivity index (χ4v) is 8.03. The van der Waals surface area contributed by atoms with E-state index < -0.39 is 6.10 Å². The van der Waals surface area contributed by atoms with Crippen LogP contribution in [0.4, 0.5) is 5.69 Å². The number of thiophene rings is 2. The van der Waals surface area contributed by atoms with E-state index in [1.807, 2.05) is 11.3 Å². The Balaban J connectivity index is 1.50. The summed E-state index contributed by atoms with van der Waals surface area (Å²) in [5.41, 5.74) is 4.45. The molecule has 0 radical (unpaired) electrons. The van der Waals surface area contributed by atoms with Crippen molar-refractivity contribution in [1.29, 1.82) is 0 Å². The molecule has 1 N–H and O–H groups in total. The fourth-order valence-electron chi connectivity index (χ4n) is 6.01. The molecule has 7 heterocycles. The molecule has 0 aliphatic carbocycles. The van der Waals surface area contributed by atoms with Gasteiger partial charge in [-0.05, 0) is 37.6 Å². The highest BCUT2D eigenvalue weighted by atomic mass is 32.1. The molecule has 2 atom stereocenters. The number of aryl methyl sites for hydroxylation is 2. The fraction of sp³-hybridized carbons (Fsp3) is 0.240. The summed E-state index contributed by atoms with van der Waals surface area (Å²) in [6.07, 6.45) is 0.138. The monoisotopic (exact) mass is 458 g/mol. The Morgan fingerprint density at radius 3 is 2.78 bits per heavy atom. The first-order valence-electron chi connectivity index (χ1n) is 10.8. The second kappa shape index (κ2) is 5.54. The van der Waals surface area contributed by atoms with Crippen LogP contribution in [0.5, 0.6) is 0 Å². The molecule has 5 nitrogen and oxygen atoms in total. The number of aromatic nitrogens is 1. The van der Waals surface area contributed by atoms with Crippen molar-refractivity contribution in [1.82, 2.24) is 4.40 Å². The largest absolute Gasteiger partial charge is 0.452 e. The van der Waals surface area contributed by atoms with Crippen molar-refractivity contribution in [2.45, 2.75) is 32.4 Å². The van der Waals surface area contributed by atoms with Gasteiger partial charge < -0.3 is 14.4 Å². The number of rotatable bonds is 0. The number of aliphatic hydroxyl groups is 1. The van der Waals surface area contributed by atoms with E-state index in [4.69, 9.17) is 4.42 Å². The predicted octanol–water partition coefficient (Wildman–Crippen LogP) is 5.68. The summed E-state index contributed by atoms with van der Waals surface area (Å²) >= 11 is 3.54. The molecule has 6 aromatic rings. The van der Waals surface area contributed by atoms with Crippen molar-refractivity contribution in [3.8, 4) is 0 Å². The minimum Gasteiger partial charge on any atom is -0.452 e. The molecule has 5 aromatic heterocycles. The van der Waals surface area contributed by atoms with E-state index in [1.165, 1.54) is 20.3 Å². The van der Waals surface area contributed by atoms with E-state index in [-0.39, 0.29) is 11.6 Å². The predicted molar refractivity (Wildman–Crippen MR) is 130 cm³/mol. The summed E-state index contributed by atoms with van der Waals surface area (Å²) in [4.78, 5) is 19.8. The van der Waals surface area contributed by atoms with Crippen molar-refractivity contribution >= 4 is 65.8 Å². The first kappa shape index (κ1) is 17.7. The maximum Gasteiger partial charge on any atom is 0.299 e. The lowest BCUT2D eigenvalue weighted by Crippen LogP contribution is -2.28. The Morgan fingerprint density at radius 2 is 1.91 bits per heavy atom. The van der Waals surface area contributed by atoms with Gasteiger partial charge in [-0.15, -0.1) is 22.7 Å². The Kier molecular flexibility index (Phi) is 3.06. The molecule has 1 aromatic carbocycles. The van der Waals surface area contributed by atoms with Gasteiger partial charge in [-0.3, -0.25) is 9.20 Å². The van der Waals surface area contributed by atoms with Gasteiger partial charge in [0.1, 0.15) is 11.9 Å². The van der Waals surface area contributed by atoms with Gasteiger partial charge >= 0.3 is 0 Å². The normalized spacial score (nSPS) is 20.2. The van der Waals surface area contributed by atoms with Crippen LogP contribution in [0.1, 0.15) is 38.1 Å². The van der Waals surface area contributed by atoms with Crippen LogP contribution in [0, 0.1) is 13.8 Å². The molecule has 2 aliphatic rings. The van der Waals surface area contributed by atoms with Crippen LogP contribution in [0.3, 0.4) is 0 Å². The average Bonchev–Trinajstić information content (AvgIpc) is 3.51. The standard InChI is InChI=1S/C25H18N2O3S2/c1-10-5-16-19(31-10)7-14-12-3-4-13-15-8-20-17(6-11(2)32-20)27(15)25(29)24-22(13)21(12)23(30-24)18(28)9-26(14)16/h3-6,8,14,18,28H,7,9H2,1-2H3. The van der Waals surface area contributed by atoms with E-state index in [0.717, 1.165) is 43.9 Å². The molecule has 2 aliphatic heterocycles. The zero-order valence-electron chi connectivity index (χ0n) is 17.4. The van der Waals surface area contributed by atoms with Gasteiger partial charge in [-0.25, -0.2) is 0 Å². The van der Waals surface area contributed by atoms with Gasteiger partial charge in [0.2, 0.25) is 5.58 Å². The summed E-state index contributed by atoms with van der Waals surface area (Å²) in [6.45, 7) is 4.66. The van der Waals surface area contributed by atoms with Crippen LogP contribution >= 0.6 is 22.7 Å². The van der Waals surface area contributed by atoms with E-state index in [1.54, 1.807) is 15.7 Å². The number of hydrogen-bond donors (Lipinski definition) is 1. The van der Waals surface area contributed by atoms with Crippen LogP contribution in [0.15, 0.2) is 39.5 Å². The van der Waals surface area contributed by atoms with E-state index in [9.17, 15) is 9.90 Å². The molecule has 0 bridgehead atoms. The Labute approximate surface area is 190 Å². The summed E-state index contributed by atoms with van der Waals surface area (Å²) in [7, 11) is 0. The van der Waals surface area contributed by atoms with E-state index in [2.05, 4.69) is 49.1 Å². The Morgan fingerprint density at radius 1 is 1.06 bits per heavy atom. The van der Waals surface area contributed by atoms with Crippen molar-refractivity contribution in [3.05, 3.63) is 66.6 Å². The summed E-state index contributed by atoms with van der Waals surface area (Å²) in [6, 6.07) is 10.9. The van der Waals surface area contributed by atoms with Crippen molar-refractivity contribution in [3.63, 3.8) is 0 Å². The number of nitrogens with zero attached hydrogens (tertiary/aromatic N) is 2. The van der Waals surface area contributed by atoms with Crippen LogP contribution in [-0.4, -0.2) is 16.1 Å². The van der Waals surface area contributed by atoms with E-state index >= 15 is 0 Å². The zero-order chi connectivity index (χ0) is 21.5. The molecule has 7 heteroatoms. The van der Waals surface area contributed by atoms with Gasteiger partial charge in [-0.1, -0.05) is 12.1 Å². The second-order valence-electron chi connectivity index (χ2n) is 9.08. The van der Waals surface area contributed by atoms with Gasteiger partial charge in [-0.2, -0.15) is 0 Å². The molecule has 2 unspecified atom stereocenters. The molecule has 0 spiro atoms. The third kappa shape index (κ3) is 1.92. The molecule has 32 heavy (non-hydrogen) atoms. The number of hydrogen-bond acceptors (Lipinski definition) is 6. The first-order chi connectivity index (χ1) is 15.5. The molecule has 0 saturated carbocycles. The average molecular weight is 459 g/mol. The SMILES string of the molecule is Cc1cc2c(s1)CC1c3ccc4c5c3c(oc5c(=O)n3c5cc(C)sc5cc43)C(O)CN21. The number of aliphatic hydroxyl groups excluding tert-OH is 1. The van der Waals surface area contributed by atoms with Gasteiger partial charge in [0.25, 0.3) is 5.56 Å². The molecule has 0 saturated heterocycles. The van der Waals surface area contributed by atoms with Gasteiger partial charge in [0.15, 0.2) is 0 Å². The van der Waals surface area contributed by atoms with Crippen LogP contribution in [0.25, 0.3) is 37.5 Å². The maximum absolute atomic E-state index is 13.6. The number of fused-ring (bicyclic) bond motifs is 8. The molecular weight excluding hydrogens is 440 g/mol. The van der Waals surface area contributed by atoms with Crippen LogP contribution in [0.2, 0.25) is 0 Å². The number of pyridine rings is 1. The summed E-state index contributed by atoms with van der Waals surface area (Å²) in [5, 5.41) is 14.0. The number of benzene rings is 1. The highest BCUT2D eigenvalue weighted by Gasteiger charge is 2.40. The van der Waals surface area contributed by atoms with Crippen molar-refractivity contribution in [2.24, 2.45) is 0 Å². The molecule has 158 valence electrons. The molecular formula is C25H18N2O3S2. The third-order valence-electron chi connectivity index (χ3n) is 7.21. The second-order valence-corrected chi connectivity index (χ2v) is 11.7. The first-order valence-corrected chi connectivity index (χ1v) is 12.4. The highest BCUT2D eigenvalue weighted by molar-refractivity contribution is 7.19. The van der Waals surface area contributed by atoms with Crippen LogP contribution in [-0.2, 0) is 6.42 Å². The molecule has 0 amide bonds. The summed E-state index contributed by atoms with van der Waals surface area (Å²) in [5.74, 6) is 0.534. The maximum atomic E-state index is 13.6. The lowest BCUT2D eigenvalue weighted by atomic mass is 9.95. The Bertz CT molecular complexity index is 1820.